The number of nitrogens with one attached hydrogen (secondary N) is 1. The molecule has 2 atom stereocenters. The van der Waals surface area contributed by atoms with Crippen molar-refractivity contribution in [2.24, 2.45) is 0 Å². The summed E-state index contributed by atoms with van der Waals surface area (Å²) in [5.74, 6) is -5.87. The number of amides is 2. The van der Waals surface area contributed by atoms with Crippen molar-refractivity contribution >= 4 is 11.8 Å². The van der Waals surface area contributed by atoms with Gasteiger partial charge in [-0.1, -0.05) is 13.3 Å². The second-order valence-corrected chi connectivity index (χ2v) is 8.41. The van der Waals surface area contributed by atoms with Gasteiger partial charge in [-0.3, -0.25) is 14.4 Å². The summed E-state index contributed by atoms with van der Waals surface area (Å²) in [6, 6.07) is 0.630. The highest BCUT2D eigenvalue weighted by Crippen LogP contribution is 2.43. The first-order valence-corrected chi connectivity index (χ1v) is 10.9. The van der Waals surface area contributed by atoms with Crippen molar-refractivity contribution in [2.45, 2.75) is 44.9 Å². The standard InChI is InChI=1S/C23H24F3N3O5/c1-3-4-5-28-10-12-8-16(34-2)18-17(20(30)21(31)19(23(28)33)29(12)18)22(32)27-9-13-14(25)6-11(24)7-15(13)26/h6-7,12,16,31H,3-5,8-10H2,1-2H3,(H,27,32). The maximum Gasteiger partial charge on any atom is 0.274 e. The summed E-state index contributed by atoms with van der Waals surface area (Å²) in [4.78, 5) is 40.7. The predicted molar refractivity (Wildman–Crippen MR) is 114 cm³/mol. The molecule has 2 amide bonds. The van der Waals surface area contributed by atoms with Gasteiger partial charge in [-0.2, -0.15) is 0 Å². The lowest BCUT2D eigenvalue weighted by atomic mass is 10.1. The zero-order valence-corrected chi connectivity index (χ0v) is 18.7. The minimum atomic E-state index is -1.19. The molecule has 2 N–H and O–H groups in total. The number of aromatic nitrogens is 1. The molecule has 11 heteroatoms. The Balaban J connectivity index is 1.75. The molecule has 8 nitrogen and oxygen atoms in total. The summed E-state index contributed by atoms with van der Waals surface area (Å²) in [7, 11) is 1.40. The number of halogens is 3. The Morgan fingerprint density at radius 3 is 2.53 bits per heavy atom. The first-order valence-electron chi connectivity index (χ1n) is 10.9. The van der Waals surface area contributed by atoms with Crippen LogP contribution >= 0.6 is 0 Å². The van der Waals surface area contributed by atoms with Crippen molar-refractivity contribution in [3.63, 3.8) is 0 Å². The van der Waals surface area contributed by atoms with Gasteiger partial charge in [0.15, 0.2) is 11.4 Å². The molecule has 2 aliphatic rings. The molecule has 2 aromatic rings. The lowest BCUT2D eigenvalue weighted by Crippen LogP contribution is -2.45. The molecule has 0 bridgehead atoms. The van der Waals surface area contributed by atoms with Gasteiger partial charge in [0.2, 0.25) is 5.43 Å². The van der Waals surface area contributed by atoms with Gasteiger partial charge in [-0.25, -0.2) is 13.2 Å². The van der Waals surface area contributed by atoms with Crippen LogP contribution in [0, 0.1) is 17.5 Å². The molecule has 3 heterocycles. The first kappa shape index (κ1) is 23.8. The number of hydrogen-bond donors (Lipinski definition) is 2. The van der Waals surface area contributed by atoms with Gasteiger partial charge in [0.25, 0.3) is 11.8 Å². The van der Waals surface area contributed by atoms with Crippen LogP contribution in [0.3, 0.4) is 0 Å². The number of benzene rings is 1. The van der Waals surface area contributed by atoms with Crippen molar-refractivity contribution in [1.82, 2.24) is 14.8 Å². The maximum absolute atomic E-state index is 14.0. The fraction of sp³-hybridized carbons (Fsp3) is 0.435. The average Bonchev–Trinajstić information content (AvgIpc) is 3.14. The van der Waals surface area contributed by atoms with E-state index in [1.165, 1.54) is 11.7 Å². The van der Waals surface area contributed by atoms with Crippen LogP contribution in [0.4, 0.5) is 13.2 Å². The van der Waals surface area contributed by atoms with Crippen molar-refractivity contribution in [3.05, 3.63) is 62.3 Å². The molecule has 1 aromatic heterocycles. The molecule has 0 spiro atoms. The van der Waals surface area contributed by atoms with E-state index in [9.17, 15) is 32.7 Å². The Bertz CT molecular complexity index is 1210. The van der Waals surface area contributed by atoms with E-state index in [2.05, 4.69) is 5.32 Å². The quantitative estimate of drug-likeness (QED) is 0.636. The lowest BCUT2D eigenvalue weighted by molar-refractivity contribution is 0.0639. The number of nitrogens with zero attached hydrogens (tertiary/aromatic N) is 2. The number of carbonyl (C=O) groups is 2. The second-order valence-electron chi connectivity index (χ2n) is 8.41. The predicted octanol–water partition coefficient (Wildman–Crippen LogP) is 2.79. The summed E-state index contributed by atoms with van der Waals surface area (Å²) in [5, 5.41) is 12.9. The molecule has 0 saturated carbocycles. The highest BCUT2D eigenvalue weighted by Gasteiger charge is 2.45. The Labute approximate surface area is 192 Å². The van der Waals surface area contributed by atoms with Crippen LogP contribution in [0.25, 0.3) is 0 Å². The molecule has 0 fully saturated rings. The number of hydrogen-bond acceptors (Lipinski definition) is 5. The summed E-state index contributed by atoms with van der Waals surface area (Å²) < 4.78 is 48.1. The monoisotopic (exact) mass is 479 g/mol. The number of rotatable bonds is 7. The summed E-state index contributed by atoms with van der Waals surface area (Å²) >= 11 is 0. The van der Waals surface area contributed by atoms with Crippen LogP contribution in [0.15, 0.2) is 16.9 Å². The van der Waals surface area contributed by atoms with E-state index in [0.29, 0.717) is 31.6 Å². The van der Waals surface area contributed by atoms with Gasteiger partial charge in [0.1, 0.15) is 29.1 Å². The maximum atomic E-state index is 14.0. The molecule has 0 radical (unpaired) electrons. The van der Waals surface area contributed by atoms with Crippen molar-refractivity contribution in [1.29, 1.82) is 0 Å². The van der Waals surface area contributed by atoms with Gasteiger partial charge in [0, 0.05) is 50.9 Å². The van der Waals surface area contributed by atoms with E-state index in [4.69, 9.17) is 4.74 Å². The molecular formula is C23H24F3N3O5. The van der Waals surface area contributed by atoms with Gasteiger partial charge in [-0.05, 0) is 6.42 Å². The summed E-state index contributed by atoms with van der Waals surface area (Å²) in [5.41, 5.74) is -2.19. The zero-order valence-electron chi connectivity index (χ0n) is 18.7. The molecule has 2 aliphatic heterocycles. The van der Waals surface area contributed by atoms with Gasteiger partial charge in [-0.15, -0.1) is 0 Å². The van der Waals surface area contributed by atoms with E-state index in [0.717, 1.165) is 12.8 Å². The van der Waals surface area contributed by atoms with E-state index in [1.54, 1.807) is 4.90 Å². The lowest BCUT2D eigenvalue weighted by Gasteiger charge is -2.34. The third kappa shape index (κ3) is 3.83. The molecule has 4 rings (SSSR count). The zero-order chi connectivity index (χ0) is 24.7. The molecule has 2 unspecified atom stereocenters. The fourth-order valence-corrected chi connectivity index (χ4v) is 4.67. The minimum absolute atomic E-state index is 0.131. The van der Waals surface area contributed by atoms with Crippen LogP contribution in [0.5, 0.6) is 5.75 Å². The van der Waals surface area contributed by atoms with Gasteiger partial charge >= 0.3 is 0 Å². The topological polar surface area (TPSA) is 101 Å². The van der Waals surface area contributed by atoms with E-state index < -0.39 is 64.2 Å². The Hall–Kier alpha value is -3.34. The van der Waals surface area contributed by atoms with E-state index in [-0.39, 0.29) is 17.4 Å². The summed E-state index contributed by atoms with van der Waals surface area (Å²) in [6.45, 7) is 2.11. The smallest absolute Gasteiger partial charge is 0.274 e. The number of unbranched alkanes of at least 4 members (excludes halogenated alkanes) is 1. The van der Waals surface area contributed by atoms with Crippen molar-refractivity contribution in [2.75, 3.05) is 20.2 Å². The molecule has 0 aliphatic carbocycles. The van der Waals surface area contributed by atoms with Crippen LogP contribution in [0.2, 0.25) is 0 Å². The number of pyridine rings is 1. The van der Waals surface area contributed by atoms with Crippen molar-refractivity contribution < 1.29 is 32.6 Å². The normalized spacial score (nSPS) is 18.9. The molecule has 1 aromatic carbocycles. The van der Waals surface area contributed by atoms with E-state index >= 15 is 0 Å². The first-order chi connectivity index (χ1) is 16.2. The second kappa shape index (κ2) is 9.13. The Morgan fingerprint density at radius 2 is 1.91 bits per heavy atom. The average molecular weight is 479 g/mol. The number of ether oxygens (including phenoxy) is 1. The SMILES string of the molecule is CCCCN1CC2CC(OC)c3c(C(=O)NCc4c(F)cc(F)cc4F)c(=O)c(O)c(n32)C1=O. The van der Waals surface area contributed by atoms with Crippen LogP contribution < -0.4 is 10.7 Å². The summed E-state index contributed by atoms with van der Waals surface area (Å²) in [6.07, 6.45) is 1.26. The molecule has 0 saturated heterocycles. The highest BCUT2D eigenvalue weighted by atomic mass is 19.1. The Morgan fingerprint density at radius 1 is 1.24 bits per heavy atom. The molecule has 34 heavy (non-hydrogen) atoms. The Kier molecular flexibility index (Phi) is 6.39. The van der Waals surface area contributed by atoms with Crippen LogP contribution in [0.1, 0.15) is 70.4 Å². The number of methoxy groups -OCH3 is 1. The van der Waals surface area contributed by atoms with E-state index in [1.807, 2.05) is 6.92 Å². The van der Waals surface area contributed by atoms with Gasteiger partial charge in [0.05, 0.1) is 11.7 Å². The highest BCUT2D eigenvalue weighted by molar-refractivity contribution is 6.00. The van der Waals surface area contributed by atoms with Gasteiger partial charge < -0.3 is 24.6 Å². The molecular weight excluding hydrogens is 455 g/mol. The van der Waals surface area contributed by atoms with Crippen LogP contribution in [-0.4, -0.2) is 46.6 Å². The number of carbonyl (C=O) groups excluding carboxylic acids is 2. The third-order valence-electron chi connectivity index (χ3n) is 6.32. The van der Waals surface area contributed by atoms with Crippen molar-refractivity contribution in [3.8, 4) is 5.75 Å². The largest absolute Gasteiger partial charge is 0.503 e. The third-order valence-corrected chi connectivity index (χ3v) is 6.32. The minimum Gasteiger partial charge on any atom is -0.503 e. The fourth-order valence-electron chi connectivity index (χ4n) is 4.67. The van der Waals surface area contributed by atoms with Crippen LogP contribution in [-0.2, 0) is 11.3 Å². The molecule has 182 valence electrons. The number of aromatic hydroxyl groups is 1.